The molecule has 3 aromatic rings. The fourth-order valence-electron chi connectivity index (χ4n) is 1.57. The number of fused-ring (bicyclic) bond motifs is 3. The number of rotatable bonds is 1. The highest BCUT2D eigenvalue weighted by molar-refractivity contribution is 7.20. The van der Waals surface area contributed by atoms with Crippen LogP contribution in [0, 0.1) is 5.82 Å². The van der Waals surface area contributed by atoms with Crippen molar-refractivity contribution >= 4 is 33.3 Å². The summed E-state index contributed by atoms with van der Waals surface area (Å²) in [5.74, 6) is -1.37. The molecule has 0 spiro atoms. The second-order valence-electron chi connectivity index (χ2n) is 3.29. The molecule has 0 unspecified atom stereocenters. The third-order valence-electron chi connectivity index (χ3n) is 2.25. The molecule has 0 saturated carbocycles. The van der Waals surface area contributed by atoms with E-state index in [1.807, 2.05) is 0 Å². The summed E-state index contributed by atoms with van der Waals surface area (Å²) < 4.78 is 14.6. The molecule has 0 aliphatic carbocycles. The van der Waals surface area contributed by atoms with E-state index in [1.54, 1.807) is 10.5 Å². The Labute approximate surface area is 92.6 Å². The molecular formula is C10H5FN2O2S. The summed E-state index contributed by atoms with van der Waals surface area (Å²) >= 11 is 1.08. The van der Waals surface area contributed by atoms with Gasteiger partial charge in [-0.2, -0.15) is 0 Å². The van der Waals surface area contributed by atoms with Crippen molar-refractivity contribution in [2.45, 2.75) is 0 Å². The molecular weight excluding hydrogens is 231 g/mol. The van der Waals surface area contributed by atoms with Gasteiger partial charge in [-0.25, -0.2) is 14.2 Å². The molecule has 0 aliphatic rings. The van der Waals surface area contributed by atoms with E-state index in [-0.39, 0.29) is 10.7 Å². The standard InChI is InChI=1S/C10H5FN2O2S/c11-5-1-2-8-12-6-3-7(10(14)15)16-9(6)13(8)4-5/h1-4H,(H,14,15). The highest BCUT2D eigenvalue weighted by Gasteiger charge is 2.13. The maximum atomic E-state index is 13.0. The minimum absolute atomic E-state index is 0.205. The van der Waals surface area contributed by atoms with Gasteiger partial charge in [0.25, 0.3) is 0 Å². The molecule has 0 fully saturated rings. The number of aromatic carboxylic acids is 1. The van der Waals surface area contributed by atoms with Gasteiger partial charge in [0.1, 0.15) is 26.7 Å². The number of carboxylic acid groups (broad SMARTS) is 1. The first-order valence-corrected chi connectivity index (χ1v) is 5.27. The van der Waals surface area contributed by atoms with Gasteiger partial charge in [-0.1, -0.05) is 0 Å². The molecule has 0 amide bonds. The molecule has 3 heterocycles. The Kier molecular flexibility index (Phi) is 1.75. The molecule has 3 aromatic heterocycles. The van der Waals surface area contributed by atoms with Crippen LogP contribution in [-0.4, -0.2) is 20.5 Å². The van der Waals surface area contributed by atoms with E-state index in [1.165, 1.54) is 18.3 Å². The molecule has 0 aromatic carbocycles. The van der Waals surface area contributed by atoms with E-state index >= 15 is 0 Å². The fourth-order valence-corrected chi connectivity index (χ4v) is 2.49. The summed E-state index contributed by atoms with van der Waals surface area (Å²) in [6.45, 7) is 0. The molecule has 6 heteroatoms. The predicted octanol–water partition coefficient (Wildman–Crippen LogP) is 2.39. The predicted molar refractivity (Wildman–Crippen MR) is 57.5 cm³/mol. The molecule has 16 heavy (non-hydrogen) atoms. The number of aromatic nitrogens is 2. The summed E-state index contributed by atoms with van der Waals surface area (Å²) in [6.07, 6.45) is 1.30. The Morgan fingerprint density at radius 2 is 2.31 bits per heavy atom. The fraction of sp³-hybridized carbons (Fsp3) is 0. The molecule has 0 aliphatic heterocycles. The molecule has 0 bridgehead atoms. The van der Waals surface area contributed by atoms with Crippen LogP contribution in [-0.2, 0) is 0 Å². The van der Waals surface area contributed by atoms with Crippen molar-refractivity contribution < 1.29 is 14.3 Å². The lowest BCUT2D eigenvalue weighted by molar-refractivity contribution is 0.0702. The summed E-state index contributed by atoms with van der Waals surface area (Å²) in [6, 6.07) is 4.37. The van der Waals surface area contributed by atoms with E-state index in [0.29, 0.717) is 16.0 Å². The Morgan fingerprint density at radius 1 is 1.50 bits per heavy atom. The van der Waals surface area contributed by atoms with Gasteiger partial charge in [-0.3, -0.25) is 4.40 Å². The molecule has 0 atom stereocenters. The first-order valence-electron chi connectivity index (χ1n) is 4.45. The lowest BCUT2D eigenvalue weighted by Gasteiger charge is -1.93. The molecule has 80 valence electrons. The average molecular weight is 236 g/mol. The number of nitrogens with zero attached hydrogens (tertiary/aromatic N) is 2. The molecule has 0 radical (unpaired) electrons. The van der Waals surface area contributed by atoms with E-state index in [9.17, 15) is 9.18 Å². The highest BCUT2D eigenvalue weighted by atomic mass is 32.1. The molecule has 4 nitrogen and oxygen atoms in total. The molecule has 0 saturated heterocycles. The first kappa shape index (κ1) is 9.29. The number of carbonyl (C=O) groups is 1. The van der Waals surface area contributed by atoms with Gasteiger partial charge in [0.15, 0.2) is 0 Å². The summed E-state index contributed by atoms with van der Waals surface area (Å²) in [7, 11) is 0. The van der Waals surface area contributed by atoms with Crippen LogP contribution in [0.2, 0.25) is 0 Å². The number of halogens is 1. The molecule has 3 rings (SSSR count). The van der Waals surface area contributed by atoms with Gasteiger partial charge in [0.05, 0.1) is 0 Å². The van der Waals surface area contributed by atoms with Crippen molar-refractivity contribution in [1.29, 1.82) is 0 Å². The van der Waals surface area contributed by atoms with Crippen LogP contribution in [0.3, 0.4) is 0 Å². The number of hydrogen-bond donors (Lipinski definition) is 1. The Hall–Kier alpha value is -1.95. The summed E-state index contributed by atoms with van der Waals surface area (Å²) in [5.41, 5.74) is 1.19. The highest BCUT2D eigenvalue weighted by Crippen LogP contribution is 2.26. The number of thiophene rings is 1. The lowest BCUT2D eigenvalue weighted by Crippen LogP contribution is -1.90. The Morgan fingerprint density at radius 3 is 3.06 bits per heavy atom. The minimum atomic E-state index is -0.992. The topological polar surface area (TPSA) is 54.6 Å². The Bertz CT molecular complexity index is 716. The first-order chi connectivity index (χ1) is 7.65. The van der Waals surface area contributed by atoms with Gasteiger partial charge in [0, 0.05) is 6.20 Å². The normalized spacial score (nSPS) is 11.3. The van der Waals surface area contributed by atoms with Crippen molar-refractivity contribution in [3.05, 3.63) is 35.1 Å². The van der Waals surface area contributed by atoms with Crippen molar-refractivity contribution in [1.82, 2.24) is 9.38 Å². The second kappa shape index (κ2) is 3.02. The maximum Gasteiger partial charge on any atom is 0.346 e. The van der Waals surface area contributed by atoms with Crippen molar-refractivity contribution in [3.63, 3.8) is 0 Å². The number of hydrogen-bond acceptors (Lipinski definition) is 3. The number of carboxylic acids is 1. The smallest absolute Gasteiger partial charge is 0.346 e. The van der Waals surface area contributed by atoms with Crippen molar-refractivity contribution in [2.75, 3.05) is 0 Å². The largest absolute Gasteiger partial charge is 0.477 e. The van der Waals surface area contributed by atoms with Gasteiger partial charge >= 0.3 is 5.97 Å². The van der Waals surface area contributed by atoms with Crippen molar-refractivity contribution in [2.24, 2.45) is 0 Å². The lowest BCUT2D eigenvalue weighted by atomic mass is 10.4. The van der Waals surface area contributed by atoms with Crippen LogP contribution in [0.15, 0.2) is 24.4 Å². The molecule has 1 N–H and O–H groups in total. The van der Waals surface area contributed by atoms with Gasteiger partial charge in [-0.05, 0) is 18.2 Å². The van der Waals surface area contributed by atoms with E-state index in [4.69, 9.17) is 5.11 Å². The van der Waals surface area contributed by atoms with Crippen LogP contribution in [0.4, 0.5) is 4.39 Å². The quantitative estimate of drug-likeness (QED) is 0.705. The zero-order chi connectivity index (χ0) is 11.3. The minimum Gasteiger partial charge on any atom is -0.477 e. The van der Waals surface area contributed by atoms with Crippen molar-refractivity contribution in [3.8, 4) is 0 Å². The zero-order valence-corrected chi connectivity index (χ0v) is 8.66. The van der Waals surface area contributed by atoms with Gasteiger partial charge in [0.2, 0.25) is 0 Å². The Balaban J connectivity index is 2.40. The zero-order valence-electron chi connectivity index (χ0n) is 7.85. The summed E-state index contributed by atoms with van der Waals surface area (Å²) in [5, 5.41) is 8.83. The number of imidazole rings is 1. The van der Waals surface area contributed by atoms with Crippen LogP contribution in [0.5, 0.6) is 0 Å². The van der Waals surface area contributed by atoms with Crippen LogP contribution in [0.25, 0.3) is 16.0 Å². The third kappa shape index (κ3) is 1.20. The van der Waals surface area contributed by atoms with Crippen LogP contribution in [0.1, 0.15) is 9.67 Å². The van der Waals surface area contributed by atoms with E-state index in [0.717, 1.165) is 11.3 Å². The van der Waals surface area contributed by atoms with Gasteiger partial charge in [-0.15, -0.1) is 11.3 Å². The maximum absolute atomic E-state index is 13.0. The van der Waals surface area contributed by atoms with E-state index in [2.05, 4.69) is 4.98 Å². The SMILES string of the molecule is O=C(O)c1cc2nc3ccc(F)cn3c2s1. The second-order valence-corrected chi connectivity index (χ2v) is 4.32. The van der Waals surface area contributed by atoms with Gasteiger partial charge < -0.3 is 5.11 Å². The number of pyridine rings is 1. The van der Waals surface area contributed by atoms with Crippen LogP contribution >= 0.6 is 11.3 Å². The monoisotopic (exact) mass is 236 g/mol. The van der Waals surface area contributed by atoms with Crippen LogP contribution < -0.4 is 0 Å². The summed E-state index contributed by atoms with van der Waals surface area (Å²) in [4.78, 5) is 15.8. The third-order valence-corrected chi connectivity index (χ3v) is 3.36. The van der Waals surface area contributed by atoms with E-state index < -0.39 is 5.97 Å². The average Bonchev–Trinajstić information content (AvgIpc) is 2.75.